The average Bonchev–Trinajstić information content (AvgIpc) is 2.37. The van der Waals surface area contributed by atoms with Crippen LogP contribution in [0.4, 0.5) is 10.2 Å². The molecule has 0 aliphatic heterocycles. The Morgan fingerprint density at radius 3 is 2.58 bits per heavy atom. The summed E-state index contributed by atoms with van der Waals surface area (Å²) in [4.78, 5) is 19.9. The second-order valence-electron chi connectivity index (χ2n) is 3.69. The van der Waals surface area contributed by atoms with E-state index in [1.165, 1.54) is 30.1 Å². The van der Waals surface area contributed by atoms with Crippen LogP contribution in [0.3, 0.4) is 0 Å². The van der Waals surface area contributed by atoms with Gasteiger partial charge in [0.15, 0.2) is 0 Å². The molecule has 0 unspecified atom stereocenters. The quantitative estimate of drug-likeness (QED) is 0.828. The highest BCUT2D eigenvalue weighted by molar-refractivity contribution is 7.98. The number of amides is 1. The van der Waals surface area contributed by atoms with Crippen LogP contribution in [0.1, 0.15) is 16.2 Å². The third-order valence-electron chi connectivity index (χ3n) is 2.32. The number of carbonyl (C=O) groups excluding carboxylic acids is 1. The number of hydrogen-bond acceptors (Lipinski definition) is 5. The van der Waals surface area contributed by atoms with E-state index in [-0.39, 0.29) is 17.2 Å². The Balaban J connectivity index is 2.06. The van der Waals surface area contributed by atoms with Crippen LogP contribution in [-0.2, 0) is 5.75 Å². The van der Waals surface area contributed by atoms with Crippen molar-refractivity contribution in [1.82, 2.24) is 9.97 Å². The standard InChI is InChI=1S/C12H11FN4OS/c13-7-1-3-8(4-2-7)19-6-10-16-5-9(12(15)18)11(14)17-10/h1-5H,6H2,(H2,15,18)(H2,14,16,17). The first-order chi connectivity index (χ1) is 9.06. The summed E-state index contributed by atoms with van der Waals surface area (Å²) >= 11 is 1.44. The first-order valence-corrected chi connectivity index (χ1v) is 6.34. The van der Waals surface area contributed by atoms with Crippen LogP contribution in [0.25, 0.3) is 0 Å². The van der Waals surface area contributed by atoms with E-state index in [2.05, 4.69) is 9.97 Å². The third kappa shape index (κ3) is 3.41. The molecule has 0 saturated carbocycles. The van der Waals surface area contributed by atoms with E-state index in [4.69, 9.17) is 11.5 Å². The van der Waals surface area contributed by atoms with Crippen LogP contribution >= 0.6 is 11.8 Å². The van der Waals surface area contributed by atoms with Gasteiger partial charge in [-0.2, -0.15) is 0 Å². The van der Waals surface area contributed by atoms with Crippen molar-refractivity contribution in [2.45, 2.75) is 10.6 Å². The van der Waals surface area contributed by atoms with Gasteiger partial charge in [0.2, 0.25) is 0 Å². The van der Waals surface area contributed by atoms with Gasteiger partial charge in [0.05, 0.1) is 11.3 Å². The molecule has 7 heteroatoms. The normalized spacial score (nSPS) is 10.4. The number of hydrogen-bond donors (Lipinski definition) is 2. The molecule has 19 heavy (non-hydrogen) atoms. The lowest BCUT2D eigenvalue weighted by Gasteiger charge is -2.04. The van der Waals surface area contributed by atoms with Crippen molar-refractivity contribution in [3.63, 3.8) is 0 Å². The zero-order chi connectivity index (χ0) is 13.8. The number of anilines is 1. The molecule has 0 aliphatic rings. The van der Waals surface area contributed by atoms with Crippen LogP contribution in [0.2, 0.25) is 0 Å². The fourth-order valence-corrected chi connectivity index (χ4v) is 2.13. The molecule has 1 aromatic heterocycles. The molecule has 1 aromatic carbocycles. The van der Waals surface area contributed by atoms with Gasteiger partial charge in [-0.25, -0.2) is 14.4 Å². The maximum Gasteiger partial charge on any atom is 0.254 e. The Labute approximate surface area is 113 Å². The summed E-state index contributed by atoms with van der Waals surface area (Å²) in [6.07, 6.45) is 1.31. The Hall–Kier alpha value is -2.15. The molecule has 0 spiro atoms. The van der Waals surface area contributed by atoms with Crippen molar-refractivity contribution in [3.05, 3.63) is 47.7 Å². The van der Waals surface area contributed by atoms with Crippen LogP contribution in [-0.4, -0.2) is 15.9 Å². The molecule has 0 atom stereocenters. The van der Waals surface area contributed by atoms with Crippen LogP contribution in [0.5, 0.6) is 0 Å². The lowest BCUT2D eigenvalue weighted by molar-refractivity contribution is 0.100. The minimum atomic E-state index is -0.657. The largest absolute Gasteiger partial charge is 0.383 e. The maximum atomic E-state index is 12.7. The molecule has 1 amide bonds. The molecule has 0 saturated heterocycles. The Morgan fingerprint density at radius 1 is 1.32 bits per heavy atom. The topological polar surface area (TPSA) is 94.9 Å². The molecule has 2 rings (SSSR count). The van der Waals surface area contributed by atoms with Gasteiger partial charge in [-0.15, -0.1) is 11.8 Å². The fourth-order valence-electron chi connectivity index (χ4n) is 1.37. The minimum Gasteiger partial charge on any atom is -0.383 e. The van der Waals surface area contributed by atoms with Crippen molar-refractivity contribution >= 4 is 23.5 Å². The van der Waals surface area contributed by atoms with Crippen LogP contribution in [0, 0.1) is 5.82 Å². The molecule has 5 nitrogen and oxygen atoms in total. The van der Waals surface area contributed by atoms with Gasteiger partial charge in [0.1, 0.15) is 17.5 Å². The highest BCUT2D eigenvalue weighted by Gasteiger charge is 2.09. The van der Waals surface area contributed by atoms with Gasteiger partial charge in [-0.05, 0) is 24.3 Å². The molecule has 4 N–H and O–H groups in total. The number of aromatic nitrogens is 2. The van der Waals surface area contributed by atoms with Gasteiger partial charge in [-0.1, -0.05) is 0 Å². The van der Waals surface area contributed by atoms with Gasteiger partial charge in [-0.3, -0.25) is 4.79 Å². The predicted molar refractivity (Wildman–Crippen MR) is 70.9 cm³/mol. The second-order valence-corrected chi connectivity index (χ2v) is 4.74. The van der Waals surface area contributed by atoms with Crippen molar-refractivity contribution < 1.29 is 9.18 Å². The van der Waals surface area contributed by atoms with E-state index in [0.29, 0.717) is 11.6 Å². The number of nitrogens with two attached hydrogens (primary N) is 2. The number of nitrogen functional groups attached to an aromatic ring is 1. The summed E-state index contributed by atoms with van der Waals surface area (Å²) in [6.45, 7) is 0. The average molecular weight is 278 g/mol. The van der Waals surface area contributed by atoms with Gasteiger partial charge in [0.25, 0.3) is 5.91 Å². The number of thioether (sulfide) groups is 1. The van der Waals surface area contributed by atoms with E-state index in [9.17, 15) is 9.18 Å². The van der Waals surface area contributed by atoms with Crippen LogP contribution < -0.4 is 11.5 Å². The van der Waals surface area contributed by atoms with E-state index in [1.807, 2.05) is 0 Å². The molecule has 0 bridgehead atoms. The number of carbonyl (C=O) groups is 1. The first-order valence-electron chi connectivity index (χ1n) is 5.36. The highest BCUT2D eigenvalue weighted by Crippen LogP contribution is 2.21. The zero-order valence-electron chi connectivity index (χ0n) is 9.84. The van der Waals surface area contributed by atoms with Gasteiger partial charge < -0.3 is 11.5 Å². The van der Waals surface area contributed by atoms with Crippen molar-refractivity contribution in [1.29, 1.82) is 0 Å². The van der Waals surface area contributed by atoms with Crippen molar-refractivity contribution in [3.8, 4) is 0 Å². The molecule has 98 valence electrons. The second kappa shape index (κ2) is 5.66. The summed E-state index contributed by atoms with van der Waals surface area (Å²) in [5.41, 5.74) is 10.8. The van der Waals surface area contributed by atoms with Crippen molar-refractivity contribution in [2.75, 3.05) is 5.73 Å². The molecule has 1 heterocycles. The minimum absolute atomic E-state index is 0.0669. The lowest BCUT2D eigenvalue weighted by atomic mass is 10.3. The van der Waals surface area contributed by atoms with Crippen LogP contribution in [0.15, 0.2) is 35.4 Å². The van der Waals surface area contributed by atoms with Gasteiger partial charge >= 0.3 is 0 Å². The first kappa shape index (κ1) is 13.3. The Bertz CT molecular complexity index is 603. The number of primary amides is 1. The van der Waals surface area contributed by atoms with E-state index < -0.39 is 5.91 Å². The fraction of sp³-hybridized carbons (Fsp3) is 0.0833. The summed E-state index contributed by atoms with van der Waals surface area (Å²) in [5, 5.41) is 0. The predicted octanol–water partition coefficient (Wildman–Crippen LogP) is 1.59. The number of halogens is 1. The third-order valence-corrected chi connectivity index (χ3v) is 3.32. The molecule has 2 aromatic rings. The van der Waals surface area contributed by atoms with Crippen molar-refractivity contribution in [2.24, 2.45) is 5.73 Å². The molecular formula is C12H11FN4OS. The van der Waals surface area contributed by atoms with E-state index in [0.717, 1.165) is 4.90 Å². The number of rotatable bonds is 4. The van der Waals surface area contributed by atoms with Gasteiger partial charge in [0, 0.05) is 11.1 Å². The summed E-state index contributed by atoms with van der Waals surface area (Å²) in [7, 11) is 0. The van der Waals surface area contributed by atoms with E-state index in [1.54, 1.807) is 12.1 Å². The van der Waals surface area contributed by atoms with E-state index >= 15 is 0 Å². The number of nitrogens with zero attached hydrogens (tertiary/aromatic N) is 2. The summed E-state index contributed by atoms with van der Waals surface area (Å²) in [5.74, 6) is 0.0782. The molecule has 0 fully saturated rings. The number of benzene rings is 1. The molecular weight excluding hydrogens is 267 g/mol. The summed E-state index contributed by atoms with van der Waals surface area (Å²) in [6, 6.07) is 6.10. The molecule has 0 aliphatic carbocycles. The maximum absolute atomic E-state index is 12.7. The zero-order valence-corrected chi connectivity index (χ0v) is 10.7. The Kier molecular flexibility index (Phi) is 3.96. The SMILES string of the molecule is NC(=O)c1cnc(CSc2ccc(F)cc2)nc1N. The highest BCUT2D eigenvalue weighted by atomic mass is 32.2. The smallest absolute Gasteiger partial charge is 0.254 e. The lowest BCUT2D eigenvalue weighted by Crippen LogP contribution is -2.15. The molecule has 0 radical (unpaired) electrons. The monoisotopic (exact) mass is 278 g/mol. The Morgan fingerprint density at radius 2 is 2.00 bits per heavy atom. The summed E-state index contributed by atoms with van der Waals surface area (Å²) < 4.78 is 12.7.